The van der Waals surface area contributed by atoms with Crippen molar-refractivity contribution in [2.45, 2.75) is 13.6 Å². The molecule has 0 spiro atoms. The second-order valence-corrected chi connectivity index (χ2v) is 7.00. The molecule has 2 aromatic carbocycles. The molecule has 28 heavy (non-hydrogen) atoms. The molecule has 0 radical (unpaired) electrons. The van der Waals surface area contributed by atoms with Crippen LogP contribution in [0.25, 0.3) is 11.4 Å². The largest absolute Gasteiger partial charge is 0.369 e. The lowest BCUT2D eigenvalue weighted by Gasteiger charge is -2.36. The number of rotatable bonds is 5. The molecule has 8 nitrogen and oxygen atoms in total. The van der Waals surface area contributed by atoms with Crippen LogP contribution in [0.1, 0.15) is 5.56 Å². The van der Waals surface area contributed by atoms with Crippen LogP contribution in [0.5, 0.6) is 0 Å². The fourth-order valence-electron chi connectivity index (χ4n) is 3.40. The highest BCUT2D eigenvalue weighted by molar-refractivity contribution is 5.56. The Morgan fingerprint density at radius 1 is 1.07 bits per heavy atom. The van der Waals surface area contributed by atoms with Crippen LogP contribution in [0.4, 0.5) is 11.4 Å². The van der Waals surface area contributed by atoms with E-state index in [0.717, 1.165) is 31.7 Å². The zero-order valence-corrected chi connectivity index (χ0v) is 15.7. The van der Waals surface area contributed by atoms with Crippen LogP contribution in [-0.4, -0.2) is 50.8 Å². The number of aryl methyl sites for hydroxylation is 1. The van der Waals surface area contributed by atoms with Gasteiger partial charge in [0.1, 0.15) is 6.33 Å². The van der Waals surface area contributed by atoms with Crippen LogP contribution in [0.2, 0.25) is 0 Å². The van der Waals surface area contributed by atoms with Crippen LogP contribution in [-0.2, 0) is 6.67 Å². The number of non-ortho nitro benzene ring substituents is 1. The van der Waals surface area contributed by atoms with E-state index in [2.05, 4.69) is 51.1 Å². The Morgan fingerprint density at radius 3 is 2.50 bits per heavy atom. The first-order chi connectivity index (χ1) is 13.6. The third kappa shape index (κ3) is 4.01. The Bertz CT molecular complexity index is 961. The molecule has 1 aliphatic heterocycles. The van der Waals surface area contributed by atoms with E-state index in [4.69, 9.17) is 0 Å². The number of aromatic nitrogens is 3. The van der Waals surface area contributed by atoms with Crippen molar-refractivity contribution in [3.63, 3.8) is 0 Å². The summed E-state index contributed by atoms with van der Waals surface area (Å²) in [7, 11) is 0. The molecule has 144 valence electrons. The minimum Gasteiger partial charge on any atom is -0.369 e. The Labute approximate surface area is 163 Å². The Balaban J connectivity index is 1.35. The molecule has 0 aliphatic carbocycles. The number of nitrogens with zero attached hydrogens (tertiary/aromatic N) is 6. The molecular formula is C20H22N6O2. The topological polar surface area (TPSA) is 80.3 Å². The van der Waals surface area contributed by atoms with Gasteiger partial charge in [-0.05, 0) is 36.8 Å². The van der Waals surface area contributed by atoms with E-state index in [1.54, 1.807) is 18.5 Å². The van der Waals surface area contributed by atoms with Crippen molar-refractivity contribution in [1.29, 1.82) is 0 Å². The highest BCUT2D eigenvalue weighted by Gasteiger charge is 2.18. The summed E-state index contributed by atoms with van der Waals surface area (Å²) in [5, 5.41) is 15.3. The molecule has 3 aromatic rings. The number of hydrogen-bond donors (Lipinski definition) is 0. The number of nitro benzene ring substituents is 1. The maximum atomic E-state index is 10.8. The summed E-state index contributed by atoms with van der Waals surface area (Å²) in [6.45, 7) is 6.68. The maximum absolute atomic E-state index is 10.8. The maximum Gasteiger partial charge on any atom is 0.269 e. The van der Waals surface area contributed by atoms with Crippen molar-refractivity contribution in [3.05, 3.63) is 70.5 Å². The van der Waals surface area contributed by atoms with Gasteiger partial charge in [-0.15, -0.1) is 5.10 Å². The van der Waals surface area contributed by atoms with Crippen LogP contribution >= 0.6 is 0 Å². The van der Waals surface area contributed by atoms with Crippen LogP contribution in [0.15, 0.2) is 54.9 Å². The summed E-state index contributed by atoms with van der Waals surface area (Å²) in [5.41, 5.74) is 3.39. The average molecular weight is 378 g/mol. The molecule has 0 N–H and O–H groups in total. The molecule has 1 saturated heterocycles. The van der Waals surface area contributed by atoms with E-state index in [-0.39, 0.29) is 5.69 Å². The van der Waals surface area contributed by atoms with Gasteiger partial charge in [0.05, 0.1) is 11.6 Å². The predicted molar refractivity (Wildman–Crippen MR) is 107 cm³/mol. The molecule has 0 bridgehead atoms. The monoisotopic (exact) mass is 378 g/mol. The van der Waals surface area contributed by atoms with Gasteiger partial charge in [-0.3, -0.25) is 15.0 Å². The summed E-state index contributed by atoms with van der Waals surface area (Å²) >= 11 is 0. The lowest BCUT2D eigenvalue weighted by Crippen LogP contribution is -2.46. The third-order valence-electron chi connectivity index (χ3n) is 4.96. The summed E-state index contributed by atoms with van der Waals surface area (Å²) in [4.78, 5) is 19.5. The zero-order valence-electron chi connectivity index (χ0n) is 15.7. The van der Waals surface area contributed by atoms with E-state index >= 15 is 0 Å². The first kappa shape index (κ1) is 18.1. The summed E-state index contributed by atoms with van der Waals surface area (Å²) in [5.74, 6) is 0.577. The first-order valence-corrected chi connectivity index (χ1v) is 9.27. The van der Waals surface area contributed by atoms with Gasteiger partial charge in [0.15, 0.2) is 5.82 Å². The van der Waals surface area contributed by atoms with Gasteiger partial charge in [0.2, 0.25) is 0 Å². The minimum absolute atomic E-state index is 0.0645. The summed E-state index contributed by atoms with van der Waals surface area (Å²) < 4.78 is 1.82. The van der Waals surface area contributed by atoms with E-state index in [9.17, 15) is 10.1 Å². The lowest BCUT2D eigenvalue weighted by atomic mass is 10.2. The van der Waals surface area contributed by atoms with Crippen molar-refractivity contribution in [2.24, 2.45) is 0 Å². The molecule has 0 amide bonds. The second kappa shape index (κ2) is 7.77. The van der Waals surface area contributed by atoms with E-state index in [0.29, 0.717) is 12.5 Å². The minimum atomic E-state index is -0.411. The Morgan fingerprint density at radius 2 is 1.82 bits per heavy atom. The fraction of sp³-hybridized carbons (Fsp3) is 0.300. The van der Waals surface area contributed by atoms with Gasteiger partial charge in [-0.1, -0.05) is 12.1 Å². The first-order valence-electron chi connectivity index (χ1n) is 9.27. The molecule has 0 atom stereocenters. The predicted octanol–water partition coefficient (Wildman–Crippen LogP) is 2.94. The van der Waals surface area contributed by atoms with Gasteiger partial charge < -0.3 is 4.90 Å². The van der Waals surface area contributed by atoms with Crippen molar-refractivity contribution in [1.82, 2.24) is 19.7 Å². The summed E-state index contributed by atoms with van der Waals surface area (Å²) in [6, 6.07) is 14.9. The number of nitro groups is 1. The van der Waals surface area contributed by atoms with Crippen LogP contribution in [0.3, 0.4) is 0 Å². The smallest absolute Gasteiger partial charge is 0.269 e. The molecular weight excluding hydrogens is 356 g/mol. The number of hydrogen-bond acceptors (Lipinski definition) is 6. The quantitative estimate of drug-likeness (QED) is 0.502. The lowest BCUT2D eigenvalue weighted by molar-refractivity contribution is -0.384. The van der Waals surface area contributed by atoms with Crippen molar-refractivity contribution >= 4 is 11.4 Å². The molecule has 0 saturated carbocycles. The number of anilines is 1. The third-order valence-corrected chi connectivity index (χ3v) is 4.96. The van der Waals surface area contributed by atoms with Crippen molar-refractivity contribution in [3.8, 4) is 11.4 Å². The SMILES string of the molecule is Cc1cccc(N2CCN(Cn3cnc(-c4ccc([N+](=O)[O-])cc4)n3)CC2)c1. The highest BCUT2D eigenvalue weighted by atomic mass is 16.6. The standard InChI is InChI=1S/C20H22N6O2/c1-16-3-2-4-19(13-16)24-11-9-23(10-12-24)15-25-14-21-20(22-25)17-5-7-18(8-6-17)26(27)28/h2-8,13-14H,9-12,15H2,1H3. The van der Waals surface area contributed by atoms with E-state index < -0.39 is 4.92 Å². The van der Waals surface area contributed by atoms with Crippen molar-refractivity contribution < 1.29 is 4.92 Å². The van der Waals surface area contributed by atoms with Crippen LogP contribution in [0, 0.1) is 17.0 Å². The van der Waals surface area contributed by atoms with Gasteiger partial charge in [0.25, 0.3) is 5.69 Å². The molecule has 4 rings (SSSR count). The van der Waals surface area contributed by atoms with Gasteiger partial charge in [-0.25, -0.2) is 9.67 Å². The molecule has 8 heteroatoms. The van der Waals surface area contributed by atoms with Gasteiger partial charge in [0, 0.05) is 49.6 Å². The summed E-state index contributed by atoms with van der Waals surface area (Å²) in [6.07, 6.45) is 1.71. The number of benzene rings is 2. The van der Waals surface area contributed by atoms with E-state index in [1.807, 2.05) is 4.68 Å². The van der Waals surface area contributed by atoms with Gasteiger partial charge >= 0.3 is 0 Å². The molecule has 1 aliphatic rings. The highest BCUT2D eigenvalue weighted by Crippen LogP contribution is 2.20. The van der Waals surface area contributed by atoms with E-state index in [1.165, 1.54) is 23.4 Å². The molecule has 2 heterocycles. The normalized spacial score (nSPS) is 15.0. The molecule has 0 unspecified atom stereocenters. The fourth-order valence-corrected chi connectivity index (χ4v) is 3.40. The van der Waals surface area contributed by atoms with Crippen molar-refractivity contribution in [2.75, 3.05) is 31.1 Å². The molecule has 1 aromatic heterocycles. The van der Waals surface area contributed by atoms with Gasteiger partial charge in [-0.2, -0.15) is 0 Å². The van der Waals surface area contributed by atoms with Crippen LogP contribution < -0.4 is 4.90 Å². The Kier molecular flexibility index (Phi) is 5.03. The number of piperazine rings is 1. The second-order valence-electron chi connectivity index (χ2n) is 7.00. The Hall–Kier alpha value is -3.26. The zero-order chi connectivity index (χ0) is 19.5. The molecule has 1 fully saturated rings. The average Bonchev–Trinajstić information content (AvgIpc) is 3.17.